The second kappa shape index (κ2) is 6.83. The summed E-state index contributed by atoms with van der Waals surface area (Å²) in [5, 5.41) is 0. The molecule has 3 aromatic rings. The summed E-state index contributed by atoms with van der Waals surface area (Å²) in [6.45, 7) is 0. The maximum Gasteiger partial charge on any atom is 0.295 e. The highest BCUT2D eigenvalue weighted by molar-refractivity contribution is 7.85. The molecule has 0 fully saturated rings. The lowest BCUT2D eigenvalue weighted by atomic mass is 10.0. The van der Waals surface area contributed by atoms with E-state index in [0.717, 1.165) is 16.7 Å². The molecule has 120 valence electrons. The van der Waals surface area contributed by atoms with E-state index in [1.165, 1.54) is 6.07 Å². The van der Waals surface area contributed by atoms with E-state index in [2.05, 4.69) is 0 Å². The van der Waals surface area contributed by atoms with E-state index < -0.39 is 10.1 Å². The van der Waals surface area contributed by atoms with Crippen LogP contribution in [0.25, 0.3) is 23.3 Å². The van der Waals surface area contributed by atoms with Gasteiger partial charge in [0.15, 0.2) is 0 Å². The van der Waals surface area contributed by atoms with E-state index >= 15 is 0 Å². The quantitative estimate of drug-likeness (QED) is 0.551. The molecule has 4 heteroatoms. The van der Waals surface area contributed by atoms with Crippen LogP contribution in [0.1, 0.15) is 11.1 Å². The molecule has 3 rings (SSSR count). The fourth-order valence-electron chi connectivity index (χ4n) is 2.46. The van der Waals surface area contributed by atoms with Crippen molar-refractivity contribution in [3.05, 3.63) is 90.0 Å². The molecule has 0 aliphatic rings. The van der Waals surface area contributed by atoms with Gasteiger partial charge >= 0.3 is 0 Å². The minimum atomic E-state index is -4.23. The third-order valence-electron chi connectivity index (χ3n) is 3.67. The summed E-state index contributed by atoms with van der Waals surface area (Å²) < 4.78 is 32.0. The fourth-order valence-corrected chi connectivity index (χ4v) is 3.14. The molecule has 0 radical (unpaired) electrons. The first-order chi connectivity index (χ1) is 11.5. The molecule has 24 heavy (non-hydrogen) atoms. The zero-order valence-electron chi connectivity index (χ0n) is 12.8. The summed E-state index contributed by atoms with van der Waals surface area (Å²) in [7, 11) is -4.23. The maximum atomic E-state index is 11.4. The lowest BCUT2D eigenvalue weighted by molar-refractivity contribution is 0.483. The topological polar surface area (TPSA) is 54.4 Å². The van der Waals surface area contributed by atoms with E-state index in [1.54, 1.807) is 24.3 Å². The minimum Gasteiger partial charge on any atom is -0.282 e. The van der Waals surface area contributed by atoms with Gasteiger partial charge in [0.05, 0.1) is 0 Å². The maximum absolute atomic E-state index is 11.4. The molecule has 3 nitrogen and oxygen atoms in total. The highest BCUT2D eigenvalue weighted by atomic mass is 32.2. The Bertz CT molecular complexity index is 957. The molecule has 0 amide bonds. The summed E-state index contributed by atoms with van der Waals surface area (Å²) >= 11 is 0. The number of benzene rings is 3. The molecule has 0 unspecified atom stereocenters. The summed E-state index contributed by atoms with van der Waals surface area (Å²) in [5.41, 5.74) is 3.66. The third kappa shape index (κ3) is 3.79. The smallest absolute Gasteiger partial charge is 0.282 e. The van der Waals surface area contributed by atoms with Crippen molar-refractivity contribution >= 4 is 22.3 Å². The van der Waals surface area contributed by atoms with Crippen LogP contribution in [0.5, 0.6) is 0 Å². The second-order valence-electron chi connectivity index (χ2n) is 5.33. The SMILES string of the molecule is O=S(=O)(O)c1ccccc1C=Cc1ccc(-c2ccccc2)cc1. The number of rotatable bonds is 4. The van der Waals surface area contributed by atoms with Gasteiger partial charge in [-0.05, 0) is 28.3 Å². The summed E-state index contributed by atoms with van der Waals surface area (Å²) in [4.78, 5) is -0.0952. The zero-order valence-corrected chi connectivity index (χ0v) is 13.6. The summed E-state index contributed by atoms with van der Waals surface area (Å²) in [6.07, 6.45) is 3.50. The van der Waals surface area contributed by atoms with E-state index in [-0.39, 0.29) is 4.90 Å². The molecule has 0 aromatic heterocycles. The van der Waals surface area contributed by atoms with Crippen LogP contribution in [-0.4, -0.2) is 13.0 Å². The fraction of sp³-hybridized carbons (Fsp3) is 0. The van der Waals surface area contributed by atoms with Crippen LogP contribution in [0.15, 0.2) is 83.8 Å². The van der Waals surface area contributed by atoms with Crippen molar-refractivity contribution in [2.24, 2.45) is 0 Å². The highest BCUT2D eigenvalue weighted by Crippen LogP contribution is 2.21. The van der Waals surface area contributed by atoms with E-state index in [0.29, 0.717) is 5.56 Å². The van der Waals surface area contributed by atoms with Crippen molar-refractivity contribution < 1.29 is 13.0 Å². The van der Waals surface area contributed by atoms with Crippen LogP contribution in [-0.2, 0) is 10.1 Å². The Labute approximate surface area is 141 Å². The first-order valence-corrected chi connectivity index (χ1v) is 8.88. The minimum absolute atomic E-state index is 0.0952. The third-order valence-corrected chi connectivity index (χ3v) is 4.60. The summed E-state index contributed by atoms with van der Waals surface area (Å²) in [6, 6.07) is 24.4. The molecule has 0 bridgehead atoms. The predicted molar refractivity (Wildman–Crippen MR) is 97.1 cm³/mol. The van der Waals surface area contributed by atoms with Gasteiger partial charge < -0.3 is 0 Å². The van der Waals surface area contributed by atoms with Gasteiger partial charge in [-0.3, -0.25) is 4.55 Å². The van der Waals surface area contributed by atoms with Gasteiger partial charge in [0.2, 0.25) is 0 Å². The molecule has 1 N–H and O–H groups in total. The van der Waals surface area contributed by atoms with Crippen molar-refractivity contribution in [2.45, 2.75) is 4.90 Å². The van der Waals surface area contributed by atoms with Crippen molar-refractivity contribution in [1.82, 2.24) is 0 Å². The van der Waals surface area contributed by atoms with E-state index in [9.17, 15) is 13.0 Å². The lowest BCUT2D eigenvalue weighted by Crippen LogP contribution is -2.00. The molecule has 3 aromatic carbocycles. The Morgan fingerprint density at radius 3 is 1.92 bits per heavy atom. The van der Waals surface area contributed by atoms with Gasteiger partial charge in [-0.25, -0.2) is 0 Å². The van der Waals surface area contributed by atoms with Crippen molar-refractivity contribution in [2.75, 3.05) is 0 Å². The molecule has 0 spiro atoms. The largest absolute Gasteiger partial charge is 0.295 e. The zero-order chi connectivity index (χ0) is 17.0. The van der Waals surface area contributed by atoms with Crippen molar-refractivity contribution in [3.8, 4) is 11.1 Å². The summed E-state index contributed by atoms with van der Waals surface area (Å²) in [5.74, 6) is 0. The first kappa shape index (κ1) is 16.2. The van der Waals surface area contributed by atoms with E-state index in [4.69, 9.17) is 0 Å². The molecule has 0 aliphatic heterocycles. The normalized spacial score (nSPS) is 11.7. The van der Waals surface area contributed by atoms with E-state index in [1.807, 2.05) is 60.7 Å². The molecule has 0 atom stereocenters. The monoisotopic (exact) mass is 336 g/mol. The van der Waals surface area contributed by atoms with Crippen LogP contribution in [0.2, 0.25) is 0 Å². The van der Waals surface area contributed by atoms with Crippen LogP contribution in [0.4, 0.5) is 0 Å². The van der Waals surface area contributed by atoms with Crippen molar-refractivity contribution in [1.29, 1.82) is 0 Å². The van der Waals surface area contributed by atoms with Gasteiger partial charge in [0.25, 0.3) is 10.1 Å². The van der Waals surface area contributed by atoms with Gasteiger partial charge in [0.1, 0.15) is 4.90 Å². The Balaban J connectivity index is 1.86. The standard InChI is InChI=1S/C20H16O3S/c21-24(22,23)20-9-5-4-8-19(20)15-12-16-10-13-18(14-11-16)17-6-2-1-3-7-17/h1-15H,(H,21,22,23). The van der Waals surface area contributed by atoms with Crippen LogP contribution in [0, 0.1) is 0 Å². The van der Waals surface area contributed by atoms with Crippen LogP contribution >= 0.6 is 0 Å². The van der Waals surface area contributed by atoms with Crippen LogP contribution in [0.3, 0.4) is 0 Å². The first-order valence-electron chi connectivity index (χ1n) is 7.44. The molecule has 0 aliphatic carbocycles. The Morgan fingerprint density at radius 2 is 1.25 bits per heavy atom. The predicted octanol–water partition coefficient (Wildman–Crippen LogP) is 4.77. The Kier molecular flexibility index (Phi) is 4.60. The number of hydrogen-bond donors (Lipinski definition) is 1. The van der Waals surface area contributed by atoms with Gasteiger partial charge in [-0.2, -0.15) is 8.42 Å². The van der Waals surface area contributed by atoms with Crippen LogP contribution < -0.4 is 0 Å². The Morgan fingerprint density at radius 1 is 0.667 bits per heavy atom. The van der Waals surface area contributed by atoms with Gasteiger partial charge in [-0.15, -0.1) is 0 Å². The number of hydrogen-bond acceptors (Lipinski definition) is 2. The van der Waals surface area contributed by atoms with Gasteiger partial charge in [-0.1, -0.05) is 84.9 Å². The molecular formula is C20H16O3S. The molecule has 0 heterocycles. The lowest BCUT2D eigenvalue weighted by Gasteiger charge is -2.03. The average Bonchev–Trinajstić information content (AvgIpc) is 2.61. The average molecular weight is 336 g/mol. The molecule has 0 saturated heterocycles. The molecule has 0 saturated carbocycles. The highest BCUT2D eigenvalue weighted by Gasteiger charge is 2.12. The van der Waals surface area contributed by atoms with Gasteiger partial charge in [0, 0.05) is 0 Å². The van der Waals surface area contributed by atoms with Crippen molar-refractivity contribution in [3.63, 3.8) is 0 Å². The second-order valence-corrected chi connectivity index (χ2v) is 6.72. The Hall–Kier alpha value is -2.69. The molecular weight excluding hydrogens is 320 g/mol.